The zero-order valence-electron chi connectivity index (χ0n) is 8.75. The van der Waals surface area contributed by atoms with E-state index in [0.29, 0.717) is 12.0 Å². The third kappa shape index (κ3) is 3.12. The molecule has 0 aromatic carbocycles. The molecule has 0 bridgehead atoms. The van der Waals surface area contributed by atoms with Gasteiger partial charge in [-0.15, -0.1) is 6.58 Å². The highest BCUT2D eigenvalue weighted by Gasteiger charge is 2.29. The summed E-state index contributed by atoms with van der Waals surface area (Å²) in [5.74, 6) is 0.555. The van der Waals surface area contributed by atoms with Crippen LogP contribution in [0.25, 0.3) is 0 Å². The first-order valence-corrected chi connectivity index (χ1v) is 5.13. The molecule has 1 aliphatic heterocycles. The zero-order valence-corrected chi connectivity index (χ0v) is 8.75. The first-order chi connectivity index (χ1) is 6.11. The van der Waals surface area contributed by atoms with E-state index in [1.165, 1.54) is 5.57 Å². The minimum absolute atomic E-state index is 0.286. The average Bonchev–Trinajstić information content (AvgIpc) is 2.47. The molecular weight excluding hydrogens is 162 g/mol. The number of nitrogens with two attached hydrogens (primary N) is 1. The smallest absolute Gasteiger partial charge is 0.0590 e. The lowest BCUT2D eigenvalue weighted by molar-refractivity contribution is 0.0987. The SMILES string of the molecule is C=C(C)CCC(N)C1CCOC1C. The quantitative estimate of drug-likeness (QED) is 0.677. The van der Waals surface area contributed by atoms with Crippen molar-refractivity contribution in [1.29, 1.82) is 0 Å². The second-order valence-corrected chi connectivity index (χ2v) is 4.19. The van der Waals surface area contributed by atoms with Gasteiger partial charge in [0.15, 0.2) is 0 Å². The molecule has 0 spiro atoms. The Balaban J connectivity index is 2.29. The van der Waals surface area contributed by atoms with Gasteiger partial charge in [-0.1, -0.05) is 5.57 Å². The van der Waals surface area contributed by atoms with E-state index in [2.05, 4.69) is 20.4 Å². The summed E-state index contributed by atoms with van der Waals surface area (Å²) in [5, 5.41) is 0. The molecule has 0 radical (unpaired) electrons. The number of hydrogen-bond donors (Lipinski definition) is 1. The Morgan fingerprint density at radius 2 is 2.38 bits per heavy atom. The molecule has 0 aromatic heterocycles. The molecule has 1 aliphatic rings. The van der Waals surface area contributed by atoms with Gasteiger partial charge in [0.25, 0.3) is 0 Å². The van der Waals surface area contributed by atoms with E-state index in [1.807, 2.05) is 0 Å². The number of rotatable bonds is 4. The van der Waals surface area contributed by atoms with E-state index in [9.17, 15) is 0 Å². The van der Waals surface area contributed by atoms with Crippen molar-refractivity contribution < 1.29 is 4.74 Å². The monoisotopic (exact) mass is 183 g/mol. The van der Waals surface area contributed by atoms with Crippen molar-refractivity contribution in [2.45, 2.75) is 45.3 Å². The molecule has 1 saturated heterocycles. The highest BCUT2D eigenvalue weighted by molar-refractivity contribution is 4.91. The molecule has 2 heteroatoms. The summed E-state index contributed by atoms with van der Waals surface area (Å²) in [5.41, 5.74) is 7.32. The van der Waals surface area contributed by atoms with Gasteiger partial charge in [-0.25, -0.2) is 0 Å². The van der Waals surface area contributed by atoms with Crippen LogP contribution in [0.4, 0.5) is 0 Å². The molecule has 2 nitrogen and oxygen atoms in total. The van der Waals surface area contributed by atoms with Crippen molar-refractivity contribution in [2.75, 3.05) is 6.61 Å². The number of allylic oxidation sites excluding steroid dienone is 1. The summed E-state index contributed by atoms with van der Waals surface area (Å²) >= 11 is 0. The van der Waals surface area contributed by atoms with Crippen molar-refractivity contribution >= 4 is 0 Å². The summed E-state index contributed by atoms with van der Waals surface area (Å²) in [6, 6.07) is 0.286. The summed E-state index contributed by atoms with van der Waals surface area (Å²) in [6.45, 7) is 8.95. The van der Waals surface area contributed by atoms with Crippen LogP contribution in [0.15, 0.2) is 12.2 Å². The molecule has 1 heterocycles. The van der Waals surface area contributed by atoms with Gasteiger partial charge in [-0.2, -0.15) is 0 Å². The van der Waals surface area contributed by atoms with Gasteiger partial charge in [-0.3, -0.25) is 0 Å². The molecule has 2 N–H and O–H groups in total. The standard InChI is InChI=1S/C11H21NO/c1-8(2)4-5-11(12)10-6-7-13-9(10)3/h9-11H,1,4-7,12H2,2-3H3. The number of ether oxygens (including phenoxy) is 1. The summed E-state index contributed by atoms with van der Waals surface area (Å²) in [6.07, 6.45) is 3.57. The van der Waals surface area contributed by atoms with E-state index >= 15 is 0 Å². The lowest BCUT2D eigenvalue weighted by Crippen LogP contribution is -2.34. The highest BCUT2D eigenvalue weighted by Crippen LogP contribution is 2.25. The normalized spacial score (nSPS) is 30.4. The average molecular weight is 183 g/mol. The molecule has 0 amide bonds. The van der Waals surface area contributed by atoms with E-state index in [-0.39, 0.29) is 6.04 Å². The van der Waals surface area contributed by atoms with Crippen LogP contribution in [-0.2, 0) is 4.74 Å². The fourth-order valence-corrected chi connectivity index (χ4v) is 1.94. The molecule has 13 heavy (non-hydrogen) atoms. The van der Waals surface area contributed by atoms with Crippen LogP contribution < -0.4 is 5.73 Å². The summed E-state index contributed by atoms with van der Waals surface area (Å²) < 4.78 is 5.49. The van der Waals surface area contributed by atoms with Gasteiger partial charge in [-0.05, 0) is 33.1 Å². The lowest BCUT2D eigenvalue weighted by atomic mass is 9.90. The third-order valence-electron chi connectivity index (χ3n) is 2.89. The Morgan fingerprint density at radius 3 is 2.85 bits per heavy atom. The van der Waals surface area contributed by atoms with Gasteiger partial charge < -0.3 is 10.5 Å². The van der Waals surface area contributed by atoms with Crippen molar-refractivity contribution in [3.05, 3.63) is 12.2 Å². The predicted octanol–water partition coefficient (Wildman–Crippen LogP) is 2.10. The fourth-order valence-electron chi connectivity index (χ4n) is 1.94. The first kappa shape index (κ1) is 10.7. The van der Waals surface area contributed by atoms with Crippen LogP contribution in [0.2, 0.25) is 0 Å². The maximum atomic E-state index is 6.10. The first-order valence-electron chi connectivity index (χ1n) is 5.13. The topological polar surface area (TPSA) is 35.2 Å². The maximum Gasteiger partial charge on any atom is 0.0590 e. The van der Waals surface area contributed by atoms with Crippen LogP contribution in [0.1, 0.15) is 33.1 Å². The molecule has 0 saturated carbocycles. The van der Waals surface area contributed by atoms with Gasteiger partial charge in [0.2, 0.25) is 0 Å². The van der Waals surface area contributed by atoms with Crippen molar-refractivity contribution in [3.63, 3.8) is 0 Å². The fraction of sp³-hybridized carbons (Fsp3) is 0.818. The van der Waals surface area contributed by atoms with Crippen LogP contribution >= 0.6 is 0 Å². The molecule has 3 unspecified atom stereocenters. The Labute approximate surface area is 81.1 Å². The predicted molar refractivity (Wildman–Crippen MR) is 55.5 cm³/mol. The zero-order chi connectivity index (χ0) is 9.84. The minimum atomic E-state index is 0.286. The van der Waals surface area contributed by atoms with Crippen LogP contribution in [0, 0.1) is 5.92 Å². The summed E-state index contributed by atoms with van der Waals surface area (Å²) in [7, 11) is 0. The van der Waals surface area contributed by atoms with Gasteiger partial charge in [0, 0.05) is 18.6 Å². The second-order valence-electron chi connectivity index (χ2n) is 4.19. The van der Waals surface area contributed by atoms with E-state index in [1.54, 1.807) is 0 Å². The van der Waals surface area contributed by atoms with Gasteiger partial charge >= 0.3 is 0 Å². The second kappa shape index (κ2) is 4.77. The molecule has 3 atom stereocenters. The largest absolute Gasteiger partial charge is 0.378 e. The van der Waals surface area contributed by atoms with Crippen LogP contribution in [0.3, 0.4) is 0 Å². The maximum absolute atomic E-state index is 6.10. The van der Waals surface area contributed by atoms with Gasteiger partial charge in [0.05, 0.1) is 6.10 Å². The van der Waals surface area contributed by atoms with Crippen molar-refractivity contribution in [2.24, 2.45) is 11.7 Å². The van der Waals surface area contributed by atoms with Gasteiger partial charge in [0.1, 0.15) is 0 Å². The summed E-state index contributed by atoms with van der Waals surface area (Å²) in [4.78, 5) is 0. The molecule has 0 aromatic rings. The lowest BCUT2D eigenvalue weighted by Gasteiger charge is -2.21. The highest BCUT2D eigenvalue weighted by atomic mass is 16.5. The molecule has 1 fully saturated rings. The van der Waals surface area contributed by atoms with Crippen molar-refractivity contribution in [3.8, 4) is 0 Å². The molecular formula is C11H21NO. The Morgan fingerprint density at radius 1 is 1.69 bits per heavy atom. The van der Waals surface area contributed by atoms with Crippen LogP contribution in [0.5, 0.6) is 0 Å². The minimum Gasteiger partial charge on any atom is -0.378 e. The molecule has 1 rings (SSSR count). The Hall–Kier alpha value is -0.340. The molecule has 0 aliphatic carbocycles. The van der Waals surface area contributed by atoms with E-state index in [0.717, 1.165) is 25.9 Å². The Bertz CT molecular complexity index is 179. The van der Waals surface area contributed by atoms with Crippen LogP contribution in [-0.4, -0.2) is 18.8 Å². The molecule has 76 valence electrons. The third-order valence-corrected chi connectivity index (χ3v) is 2.89. The van der Waals surface area contributed by atoms with E-state index in [4.69, 9.17) is 10.5 Å². The van der Waals surface area contributed by atoms with Crippen molar-refractivity contribution in [1.82, 2.24) is 0 Å². The van der Waals surface area contributed by atoms with E-state index < -0.39 is 0 Å². The Kier molecular flexibility index (Phi) is 3.94. The number of hydrogen-bond acceptors (Lipinski definition) is 2.